The van der Waals surface area contributed by atoms with Gasteiger partial charge in [0.25, 0.3) is 5.91 Å². The van der Waals surface area contributed by atoms with Crippen molar-refractivity contribution in [2.45, 2.75) is 18.6 Å². The fourth-order valence-electron chi connectivity index (χ4n) is 3.62. The highest BCUT2D eigenvalue weighted by atomic mass is 19.1. The number of imidazole rings is 1. The fourth-order valence-corrected chi connectivity index (χ4v) is 3.62. The van der Waals surface area contributed by atoms with Crippen molar-refractivity contribution in [3.8, 4) is 11.3 Å². The van der Waals surface area contributed by atoms with Crippen LogP contribution in [-0.2, 0) is 0 Å². The summed E-state index contributed by atoms with van der Waals surface area (Å²) in [6.07, 6.45) is 2.22. The highest BCUT2D eigenvalue weighted by Gasteiger charge is 2.39. The number of rotatable bonds is 7. The molecule has 4 aromatic rings. The first kappa shape index (κ1) is 21.3. The van der Waals surface area contributed by atoms with Crippen LogP contribution in [0.15, 0.2) is 54.9 Å². The maximum atomic E-state index is 13.2. The molecule has 0 bridgehead atoms. The summed E-state index contributed by atoms with van der Waals surface area (Å²) in [5, 5.41) is 22.8. The first-order chi connectivity index (χ1) is 16.4. The molecule has 1 saturated carbocycles. The molecule has 172 valence electrons. The molecule has 0 radical (unpaired) electrons. The Balaban J connectivity index is 1.48. The van der Waals surface area contributed by atoms with Crippen molar-refractivity contribution < 1.29 is 19.1 Å². The van der Waals surface area contributed by atoms with Crippen molar-refractivity contribution in [2.24, 2.45) is 0 Å². The number of anilines is 3. The van der Waals surface area contributed by atoms with Crippen LogP contribution in [0.1, 0.15) is 27.3 Å². The molecule has 1 aromatic carbocycles. The van der Waals surface area contributed by atoms with Gasteiger partial charge in [0.05, 0.1) is 29.2 Å². The summed E-state index contributed by atoms with van der Waals surface area (Å²) in [5.74, 6) is -1.11. The third kappa shape index (κ3) is 3.98. The summed E-state index contributed by atoms with van der Waals surface area (Å²) >= 11 is 0. The van der Waals surface area contributed by atoms with E-state index in [2.05, 4.69) is 31.0 Å². The Bertz CT molecular complexity index is 1420. The van der Waals surface area contributed by atoms with Gasteiger partial charge in [-0.05, 0) is 24.3 Å². The molecule has 0 spiro atoms. The molecule has 2 atom stereocenters. The number of aromatic carboxylic acids is 1. The molecular formula is C23H20FN7O3. The maximum Gasteiger partial charge on any atom is 0.337 e. The summed E-state index contributed by atoms with van der Waals surface area (Å²) < 4.78 is 14.6. The zero-order valence-electron chi connectivity index (χ0n) is 18.0. The SMILES string of the molecule is CNc1cc(Nc2cccc(-c3ncccc3C(=O)O)c2)nn2c(C(=O)N[C@@H]3C[C@@H]3F)cnc12. The van der Waals surface area contributed by atoms with Gasteiger partial charge in [0.1, 0.15) is 6.17 Å². The Morgan fingerprint density at radius 3 is 2.74 bits per heavy atom. The van der Waals surface area contributed by atoms with E-state index in [1.54, 1.807) is 43.4 Å². The number of nitrogens with zero attached hydrogens (tertiary/aromatic N) is 4. The molecule has 0 unspecified atom stereocenters. The molecule has 0 saturated heterocycles. The highest BCUT2D eigenvalue weighted by Crippen LogP contribution is 2.28. The van der Waals surface area contributed by atoms with E-state index in [0.29, 0.717) is 40.5 Å². The van der Waals surface area contributed by atoms with Gasteiger partial charge in [-0.3, -0.25) is 9.78 Å². The van der Waals surface area contributed by atoms with Crippen LogP contribution in [0.2, 0.25) is 0 Å². The van der Waals surface area contributed by atoms with E-state index >= 15 is 0 Å². The summed E-state index contributed by atoms with van der Waals surface area (Å²) in [6.45, 7) is 0. The van der Waals surface area contributed by atoms with Crippen LogP contribution in [0.5, 0.6) is 0 Å². The Hall–Kier alpha value is -4.54. The van der Waals surface area contributed by atoms with E-state index in [9.17, 15) is 19.1 Å². The number of halogens is 1. The smallest absolute Gasteiger partial charge is 0.337 e. The molecule has 5 rings (SSSR count). The minimum absolute atomic E-state index is 0.0944. The van der Waals surface area contributed by atoms with Crippen molar-refractivity contribution in [1.82, 2.24) is 24.9 Å². The van der Waals surface area contributed by atoms with E-state index in [1.807, 2.05) is 0 Å². The first-order valence-electron chi connectivity index (χ1n) is 10.5. The number of carbonyl (C=O) groups excluding carboxylic acids is 1. The molecule has 10 nitrogen and oxygen atoms in total. The highest BCUT2D eigenvalue weighted by molar-refractivity contribution is 5.95. The van der Waals surface area contributed by atoms with Crippen LogP contribution in [0, 0.1) is 0 Å². The predicted molar refractivity (Wildman–Crippen MR) is 123 cm³/mol. The van der Waals surface area contributed by atoms with Crippen molar-refractivity contribution in [3.63, 3.8) is 0 Å². The average Bonchev–Trinajstić information content (AvgIpc) is 3.35. The van der Waals surface area contributed by atoms with Gasteiger partial charge in [0, 0.05) is 37.0 Å². The molecule has 1 aliphatic rings. The van der Waals surface area contributed by atoms with Gasteiger partial charge >= 0.3 is 5.97 Å². The lowest BCUT2D eigenvalue weighted by molar-refractivity contribution is 0.0697. The lowest BCUT2D eigenvalue weighted by Crippen LogP contribution is -2.28. The Labute approximate surface area is 192 Å². The minimum atomic E-state index is -1.07. The topological polar surface area (TPSA) is 134 Å². The van der Waals surface area contributed by atoms with Crippen LogP contribution in [0.3, 0.4) is 0 Å². The summed E-state index contributed by atoms with van der Waals surface area (Å²) in [4.78, 5) is 32.7. The monoisotopic (exact) mass is 461 g/mol. The third-order valence-corrected chi connectivity index (χ3v) is 5.45. The number of hydrogen-bond donors (Lipinski definition) is 4. The van der Waals surface area contributed by atoms with Crippen LogP contribution in [-0.4, -0.2) is 55.8 Å². The third-order valence-electron chi connectivity index (χ3n) is 5.45. The van der Waals surface area contributed by atoms with Crippen molar-refractivity contribution in [3.05, 3.63) is 66.1 Å². The number of fused-ring (bicyclic) bond motifs is 1. The van der Waals surface area contributed by atoms with Crippen molar-refractivity contribution in [2.75, 3.05) is 17.7 Å². The number of carboxylic acid groups (broad SMARTS) is 1. The lowest BCUT2D eigenvalue weighted by atomic mass is 10.1. The Kier molecular flexibility index (Phi) is 5.28. The van der Waals surface area contributed by atoms with Crippen LogP contribution in [0.4, 0.5) is 21.6 Å². The van der Waals surface area contributed by atoms with Gasteiger partial charge in [-0.1, -0.05) is 12.1 Å². The average molecular weight is 461 g/mol. The van der Waals surface area contributed by atoms with Crippen molar-refractivity contribution in [1.29, 1.82) is 0 Å². The number of alkyl halides is 1. The number of pyridine rings is 1. The normalized spacial score (nSPS) is 16.8. The molecule has 3 aromatic heterocycles. The first-order valence-corrected chi connectivity index (χ1v) is 10.5. The molecule has 1 fully saturated rings. The number of carboxylic acids is 1. The summed E-state index contributed by atoms with van der Waals surface area (Å²) in [5.41, 5.74) is 2.94. The number of nitrogens with one attached hydrogen (secondary N) is 3. The standard InChI is InChI=1S/C23H20FN7O3/c1-25-17-10-19(30-31-18(11-27-21(17)31)22(32)29-16-9-15(16)24)28-13-5-2-4-12(8-13)20-14(23(33)34)6-3-7-26-20/h2-8,10-11,15-16,25H,9H2,1H3,(H,28,30)(H,29,32)(H,33,34)/t15-,16+/m0/s1. The quantitative estimate of drug-likeness (QED) is 0.330. The van der Waals surface area contributed by atoms with E-state index in [-0.39, 0.29) is 11.3 Å². The lowest BCUT2D eigenvalue weighted by Gasteiger charge is -2.12. The van der Waals surface area contributed by atoms with Gasteiger partial charge < -0.3 is 21.1 Å². The second kappa shape index (κ2) is 8.43. The van der Waals surface area contributed by atoms with Gasteiger partial charge in [0.2, 0.25) is 0 Å². The molecule has 3 heterocycles. The summed E-state index contributed by atoms with van der Waals surface area (Å²) in [6, 6.07) is 11.4. The van der Waals surface area contributed by atoms with E-state index in [4.69, 9.17) is 0 Å². The Morgan fingerprint density at radius 1 is 1.18 bits per heavy atom. The largest absolute Gasteiger partial charge is 0.478 e. The van der Waals surface area contributed by atoms with Crippen LogP contribution < -0.4 is 16.0 Å². The molecule has 1 amide bonds. The molecular weight excluding hydrogens is 441 g/mol. The van der Waals surface area contributed by atoms with Gasteiger partial charge in [0.15, 0.2) is 17.2 Å². The predicted octanol–water partition coefficient (Wildman–Crippen LogP) is 3.12. The van der Waals surface area contributed by atoms with Gasteiger partial charge in [-0.25, -0.2) is 18.7 Å². The second-order valence-corrected chi connectivity index (χ2v) is 7.81. The number of benzene rings is 1. The van der Waals surface area contributed by atoms with Crippen LogP contribution >= 0.6 is 0 Å². The molecule has 1 aliphatic carbocycles. The van der Waals surface area contributed by atoms with Crippen molar-refractivity contribution >= 4 is 34.7 Å². The van der Waals surface area contributed by atoms with Gasteiger partial charge in [-0.15, -0.1) is 5.10 Å². The second-order valence-electron chi connectivity index (χ2n) is 7.81. The van der Waals surface area contributed by atoms with E-state index in [0.717, 1.165) is 0 Å². The zero-order valence-corrected chi connectivity index (χ0v) is 18.0. The number of amides is 1. The number of aromatic nitrogens is 4. The van der Waals surface area contributed by atoms with E-state index in [1.165, 1.54) is 23.0 Å². The maximum absolute atomic E-state index is 13.2. The molecule has 0 aliphatic heterocycles. The molecule has 11 heteroatoms. The fraction of sp³-hybridized carbons (Fsp3) is 0.174. The zero-order chi connectivity index (χ0) is 23.8. The molecule has 4 N–H and O–H groups in total. The number of carbonyl (C=O) groups is 2. The van der Waals surface area contributed by atoms with E-state index < -0.39 is 24.1 Å². The summed E-state index contributed by atoms with van der Waals surface area (Å²) in [7, 11) is 1.72. The minimum Gasteiger partial charge on any atom is -0.478 e. The van der Waals surface area contributed by atoms with Crippen LogP contribution in [0.25, 0.3) is 16.9 Å². The Morgan fingerprint density at radius 2 is 2.00 bits per heavy atom. The number of hydrogen-bond acceptors (Lipinski definition) is 7. The molecule has 34 heavy (non-hydrogen) atoms. The van der Waals surface area contributed by atoms with Gasteiger partial charge in [-0.2, -0.15) is 0 Å².